The standard InChI is InChI=1S/C23H23N7O2.C2H6.CH3I/c31-23(25-10-18-8-21-16(9-24-18)2-1-7-32-21)20-14-30(28-27-20)13-19-12-29-11-17(15-3-4-15)5-6-22(29)26-19;2*1-2/h5-6,8-9,11-12,14-15H,1-4,7,10,13H2,(H,25,31);1-2H3;1H3. The zero-order valence-corrected chi connectivity index (χ0v) is 23.1. The SMILES string of the molecule is CC.CI.O=C(NCc1cc2c(cn1)CCCO2)c1cn(Cc2cn3cc(C4CC4)ccc3n2)nn1. The van der Waals surface area contributed by atoms with Crippen LogP contribution in [-0.2, 0) is 19.5 Å². The Bertz CT molecular complexity index is 1310. The summed E-state index contributed by atoms with van der Waals surface area (Å²) in [5.74, 6) is 1.27. The van der Waals surface area contributed by atoms with Crippen molar-refractivity contribution >= 4 is 34.1 Å². The van der Waals surface area contributed by atoms with Gasteiger partial charge in [0, 0.05) is 30.2 Å². The van der Waals surface area contributed by atoms with E-state index in [0.29, 0.717) is 19.0 Å². The average Bonchev–Trinajstić information content (AvgIpc) is 3.55. The molecule has 4 aromatic rings. The van der Waals surface area contributed by atoms with Crippen LogP contribution in [0.15, 0.2) is 43.0 Å². The Kier molecular flexibility index (Phi) is 8.89. The molecule has 1 fully saturated rings. The number of nitrogens with one attached hydrogen (secondary N) is 1. The number of halogens is 1. The number of fused-ring (bicyclic) bond motifs is 2. The van der Waals surface area contributed by atoms with Crippen LogP contribution in [0.1, 0.15) is 72.0 Å². The van der Waals surface area contributed by atoms with Gasteiger partial charge in [0.25, 0.3) is 5.91 Å². The summed E-state index contributed by atoms with van der Waals surface area (Å²) in [7, 11) is 0. The lowest BCUT2D eigenvalue weighted by molar-refractivity contribution is 0.0945. The zero-order valence-electron chi connectivity index (χ0n) is 20.9. The molecule has 1 aliphatic heterocycles. The zero-order chi connectivity index (χ0) is 25.5. The number of aromatic nitrogens is 6. The summed E-state index contributed by atoms with van der Waals surface area (Å²) in [6.07, 6.45) is 12.2. The number of hydrogen-bond donors (Lipinski definition) is 1. The highest BCUT2D eigenvalue weighted by Crippen LogP contribution is 2.39. The number of pyridine rings is 2. The number of rotatable bonds is 6. The summed E-state index contributed by atoms with van der Waals surface area (Å²) in [4.78, 5) is 23.5. The summed E-state index contributed by atoms with van der Waals surface area (Å²) in [5.41, 5.74) is 5.27. The Morgan fingerprint density at radius 1 is 1.17 bits per heavy atom. The number of imidazole rings is 1. The third-order valence-corrected chi connectivity index (χ3v) is 5.95. The van der Waals surface area contributed by atoms with Gasteiger partial charge in [0.2, 0.25) is 0 Å². The molecule has 0 radical (unpaired) electrons. The van der Waals surface area contributed by atoms with E-state index in [1.165, 1.54) is 18.4 Å². The minimum Gasteiger partial charge on any atom is -0.493 e. The Balaban J connectivity index is 0.000000726. The van der Waals surface area contributed by atoms with Gasteiger partial charge < -0.3 is 14.5 Å². The van der Waals surface area contributed by atoms with Gasteiger partial charge in [0.15, 0.2) is 5.69 Å². The highest BCUT2D eigenvalue weighted by Gasteiger charge is 2.23. The second-order valence-electron chi connectivity index (χ2n) is 8.45. The molecular formula is C26H32IN7O2. The van der Waals surface area contributed by atoms with Gasteiger partial charge in [-0.15, -0.1) is 5.10 Å². The first-order chi connectivity index (χ1) is 17.7. The normalized spacial score (nSPS) is 14.0. The maximum atomic E-state index is 12.5. The van der Waals surface area contributed by atoms with E-state index in [1.807, 2.05) is 37.2 Å². The highest BCUT2D eigenvalue weighted by molar-refractivity contribution is 14.1. The van der Waals surface area contributed by atoms with Crippen molar-refractivity contribution in [2.75, 3.05) is 11.5 Å². The molecule has 10 heteroatoms. The summed E-state index contributed by atoms with van der Waals surface area (Å²) >= 11 is 2.15. The van der Waals surface area contributed by atoms with Crippen LogP contribution in [-0.4, -0.2) is 46.8 Å². The van der Waals surface area contributed by atoms with Crippen LogP contribution in [0.5, 0.6) is 5.75 Å². The second-order valence-corrected chi connectivity index (χ2v) is 8.45. The number of carbonyl (C=O) groups is 1. The third-order valence-electron chi connectivity index (χ3n) is 5.95. The molecule has 6 rings (SSSR count). The Labute approximate surface area is 224 Å². The van der Waals surface area contributed by atoms with Crippen molar-refractivity contribution in [1.29, 1.82) is 0 Å². The molecule has 0 unspecified atom stereocenters. The Morgan fingerprint density at radius 2 is 2.00 bits per heavy atom. The molecule has 0 atom stereocenters. The number of carbonyl (C=O) groups excluding carboxylic acids is 1. The molecule has 2 aliphatic rings. The van der Waals surface area contributed by atoms with E-state index in [1.54, 1.807) is 10.9 Å². The lowest BCUT2D eigenvalue weighted by atomic mass is 10.1. The first-order valence-corrected chi connectivity index (χ1v) is 14.5. The molecule has 1 amide bonds. The van der Waals surface area contributed by atoms with Crippen molar-refractivity contribution in [3.8, 4) is 5.75 Å². The smallest absolute Gasteiger partial charge is 0.273 e. The van der Waals surface area contributed by atoms with Gasteiger partial charge in [-0.1, -0.05) is 47.7 Å². The number of ether oxygens (including phenoxy) is 1. The van der Waals surface area contributed by atoms with E-state index in [4.69, 9.17) is 4.74 Å². The van der Waals surface area contributed by atoms with E-state index in [0.717, 1.165) is 47.8 Å². The first-order valence-electron chi connectivity index (χ1n) is 12.4. The van der Waals surface area contributed by atoms with Crippen LogP contribution in [0.3, 0.4) is 0 Å². The second kappa shape index (κ2) is 12.3. The van der Waals surface area contributed by atoms with Gasteiger partial charge in [-0.3, -0.25) is 9.78 Å². The van der Waals surface area contributed by atoms with E-state index in [9.17, 15) is 4.79 Å². The number of nitrogens with zero attached hydrogens (tertiary/aromatic N) is 6. The molecule has 9 nitrogen and oxygen atoms in total. The molecule has 0 spiro atoms. The minimum absolute atomic E-state index is 0.263. The summed E-state index contributed by atoms with van der Waals surface area (Å²) in [6, 6.07) is 6.10. The quantitative estimate of drug-likeness (QED) is 0.257. The van der Waals surface area contributed by atoms with E-state index in [-0.39, 0.29) is 11.6 Å². The van der Waals surface area contributed by atoms with E-state index >= 15 is 0 Å². The van der Waals surface area contributed by atoms with Crippen molar-refractivity contribution < 1.29 is 9.53 Å². The van der Waals surface area contributed by atoms with E-state index < -0.39 is 0 Å². The molecule has 4 aromatic heterocycles. The molecule has 1 aliphatic carbocycles. The summed E-state index contributed by atoms with van der Waals surface area (Å²) in [6.45, 7) is 5.47. The number of amides is 1. The summed E-state index contributed by atoms with van der Waals surface area (Å²) < 4.78 is 9.36. The van der Waals surface area contributed by atoms with Gasteiger partial charge >= 0.3 is 0 Å². The van der Waals surface area contributed by atoms with Gasteiger partial charge in [-0.2, -0.15) is 0 Å². The van der Waals surface area contributed by atoms with Crippen molar-refractivity contribution in [2.24, 2.45) is 0 Å². The van der Waals surface area contributed by atoms with Crippen LogP contribution in [0.4, 0.5) is 0 Å². The predicted molar refractivity (Wildman–Crippen MR) is 147 cm³/mol. The van der Waals surface area contributed by atoms with Crippen LogP contribution >= 0.6 is 22.6 Å². The molecule has 5 heterocycles. The molecule has 0 bridgehead atoms. The monoisotopic (exact) mass is 601 g/mol. The molecule has 190 valence electrons. The van der Waals surface area contributed by atoms with Crippen LogP contribution in [0.25, 0.3) is 5.65 Å². The fourth-order valence-electron chi connectivity index (χ4n) is 4.07. The fraction of sp³-hybridized carbons (Fsp3) is 0.423. The lowest BCUT2D eigenvalue weighted by Gasteiger charge is -2.17. The largest absolute Gasteiger partial charge is 0.493 e. The van der Waals surface area contributed by atoms with Crippen molar-refractivity contribution in [3.63, 3.8) is 0 Å². The van der Waals surface area contributed by atoms with Gasteiger partial charge in [0.05, 0.1) is 37.3 Å². The number of alkyl halides is 1. The maximum Gasteiger partial charge on any atom is 0.273 e. The van der Waals surface area contributed by atoms with Crippen LogP contribution < -0.4 is 10.1 Å². The Hall–Kier alpha value is -3.02. The lowest BCUT2D eigenvalue weighted by Crippen LogP contribution is -2.24. The highest BCUT2D eigenvalue weighted by atomic mass is 127. The molecule has 1 saturated carbocycles. The number of aryl methyl sites for hydroxylation is 1. The van der Waals surface area contributed by atoms with E-state index in [2.05, 4.69) is 70.9 Å². The molecule has 1 N–H and O–H groups in total. The van der Waals surface area contributed by atoms with Gasteiger partial charge in [-0.05, 0) is 48.2 Å². The van der Waals surface area contributed by atoms with Gasteiger partial charge in [-0.25, -0.2) is 9.67 Å². The number of hydrogen-bond acceptors (Lipinski definition) is 6. The Morgan fingerprint density at radius 3 is 2.81 bits per heavy atom. The van der Waals surface area contributed by atoms with Crippen LogP contribution in [0.2, 0.25) is 0 Å². The van der Waals surface area contributed by atoms with Crippen molar-refractivity contribution in [3.05, 3.63) is 71.2 Å². The maximum absolute atomic E-state index is 12.5. The first kappa shape index (κ1) is 26.1. The minimum atomic E-state index is -0.291. The third kappa shape index (κ3) is 6.21. The van der Waals surface area contributed by atoms with Crippen molar-refractivity contribution in [2.45, 2.75) is 58.5 Å². The predicted octanol–water partition coefficient (Wildman–Crippen LogP) is 4.58. The summed E-state index contributed by atoms with van der Waals surface area (Å²) in [5, 5.41) is 11.0. The molecule has 0 saturated heterocycles. The van der Waals surface area contributed by atoms with Gasteiger partial charge in [0.1, 0.15) is 11.4 Å². The van der Waals surface area contributed by atoms with Crippen molar-refractivity contribution in [1.82, 2.24) is 34.7 Å². The van der Waals surface area contributed by atoms with Crippen LogP contribution in [0, 0.1) is 0 Å². The molecule has 36 heavy (non-hydrogen) atoms. The fourth-order valence-corrected chi connectivity index (χ4v) is 4.07. The average molecular weight is 601 g/mol. The molecule has 0 aromatic carbocycles. The topological polar surface area (TPSA) is 99.2 Å². The molecular weight excluding hydrogens is 569 g/mol.